The van der Waals surface area contributed by atoms with E-state index in [0.717, 1.165) is 25.3 Å². The van der Waals surface area contributed by atoms with Crippen LogP contribution in [0.2, 0.25) is 0 Å². The number of hydrogen-bond acceptors (Lipinski definition) is 2. The molecule has 2 atom stereocenters. The molecule has 134 valence electrons. The number of likely N-dealkylation sites (tertiary alicyclic amines) is 2. The number of hydrogen-bond donors (Lipinski definition) is 0. The molecule has 2 heterocycles. The van der Waals surface area contributed by atoms with E-state index in [-0.39, 0.29) is 23.4 Å². The zero-order chi connectivity index (χ0) is 18.0. The summed E-state index contributed by atoms with van der Waals surface area (Å²) < 4.78 is 26.6. The van der Waals surface area contributed by atoms with Crippen LogP contribution in [-0.4, -0.2) is 47.3 Å². The van der Waals surface area contributed by atoms with Gasteiger partial charge >= 0.3 is 0 Å². The van der Waals surface area contributed by atoms with E-state index >= 15 is 0 Å². The van der Waals surface area contributed by atoms with Gasteiger partial charge in [0.2, 0.25) is 11.8 Å². The van der Waals surface area contributed by atoms with Gasteiger partial charge in [-0.3, -0.25) is 9.59 Å². The molecule has 0 spiro atoms. The standard InChI is InChI=1S/C19H22F2N2O2/c1-13(24)22-10-8-18-15(12-22)3-2-9-23(18)19(25)7-5-14-4-6-16(20)11-17(14)21/h4-7,11,15,18H,2-3,8-10,12H2,1H3/b7-5+/t15-,18+/m1/s1. The molecule has 25 heavy (non-hydrogen) atoms. The van der Waals surface area contributed by atoms with Gasteiger partial charge in [-0.05, 0) is 43.4 Å². The van der Waals surface area contributed by atoms with E-state index in [9.17, 15) is 18.4 Å². The minimum absolute atomic E-state index is 0.0774. The van der Waals surface area contributed by atoms with Crippen molar-refractivity contribution < 1.29 is 18.4 Å². The molecule has 2 aliphatic heterocycles. The first-order valence-electron chi connectivity index (χ1n) is 8.65. The van der Waals surface area contributed by atoms with Gasteiger partial charge in [0.15, 0.2) is 0 Å². The summed E-state index contributed by atoms with van der Waals surface area (Å²) in [6.45, 7) is 3.61. The molecule has 0 saturated carbocycles. The number of rotatable bonds is 2. The molecule has 4 nitrogen and oxygen atoms in total. The topological polar surface area (TPSA) is 40.6 Å². The summed E-state index contributed by atoms with van der Waals surface area (Å²) in [5.74, 6) is -1.11. The Bertz CT molecular complexity index is 705. The highest BCUT2D eigenvalue weighted by molar-refractivity contribution is 5.92. The van der Waals surface area contributed by atoms with Crippen molar-refractivity contribution in [2.45, 2.75) is 32.2 Å². The Balaban J connectivity index is 1.69. The summed E-state index contributed by atoms with van der Waals surface area (Å²) in [5, 5.41) is 0. The number of fused-ring (bicyclic) bond motifs is 1. The van der Waals surface area contributed by atoms with Crippen LogP contribution >= 0.6 is 0 Å². The predicted octanol–water partition coefficient (Wildman–Crippen LogP) is 2.84. The molecule has 0 bridgehead atoms. The van der Waals surface area contributed by atoms with E-state index in [1.54, 1.807) is 6.92 Å². The first-order chi connectivity index (χ1) is 12.0. The smallest absolute Gasteiger partial charge is 0.246 e. The second-order valence-corrected chi connectivity index (χ2v) is 6.75. The first kappa shape index (κ1) is 17.6. The van der Waals surface area contributed by atoms with Crippen molar-refractivity contribution in [1.82, 2.24) is 9.80 Å². The molecule has 0 aliphatic carbocycles. The molecule has 6 heteroatoms. The van der Waals surface area contributed by atoms with Crippen LogP contribution in [0.25, 0.3) is 6.08 Å². The fourth-order valence-electron chi connectivity index (χ4n) is 3.86. The third-order valence-corrected chi connectivity index (χ3v) is 5.16. The van der Waals surface area contributed by atoms with E-state index in [1.165, 1.54) is 24.3 Å². The zero-order valence-electron chi connectivity index (χ0n) is 14.3. The third kappa shape index (κ3) is 3.89. The summed E-state index contributed by atoms with van der Waals surface area (Å²) in [7, 11) is 0. The van der Waals surface area contributed by atoms with E-state index < -0.39 is 11.6 Å². The van der Waals surface area contributed by atoms with Crippen LogP contribution < -0.4 is 0 Å². The molecule has 2 fully saturated rings. The minimum atomic E-state index is -0.685. The molecule has 1 aromatic rings. The van der Waals surface area contributed by atoms with Gasteiger partial charge in [-0.25, -0.2) is 8.78 Å². The fraction of sp³-hybridized carbons (Fsp3) is 0.474. The SMILES string of the molecule is CC(=O)N1CC[C@H]2[C@H](CCCN2C(=O)/C=C/c2ccc(F)cc2F)C1. The molecule has 2 aliphatic rings. The highest BCUT2D eigenvalue weighted by Gasteiger charge is 2.38. The van der Waals surface area contributed by atoms with Crippen molar-refractivity contribution in [3.8, 4) is 0 Å². The molecule has 2 amide bonds. The highest BCUT2D eigenvalue weighted by Crippen LogP contribution is 2.31. The Labute approximate surface area is 146 Å². The van der Waals surface area contributed by atoms with Crippen LogP contribution in [0, 0.1) is 17.6 Å². The largest absolute Gasteiger partial charge is 0.343 e. The quantitative estimate of drug-likeness (QED) is 0.771. The molecule has 0 N–H and O–H groups in total. The van der Waals surface area contributed by atoms with Gasteiger partial charge in [0.25, 0.3) is 0 Å². The number of halogens is 2. The molecular formula is C19H22F2N2O2. The summed E-state index contributed by atoms with van der Waals surface area (Å²) in [6.07, 6.45) is 5.43. The predicted molar refractivity (Wildman–Crippen MR) is 90.5 cm³/mol. The van der Waals surface area contributed by atoms with Crippen LogP contribution in [0.3, 0.4) is 0 Å². The number of benzene rings is 1. The lowest BCUT2D eigenvalue weighted by atomic mass is 9.83. The summed E-state index contributed by atoms with van der Waals surface area (Å²) in [5.41, 5.74) is 0.190. The average Bonchev–Trinajstić information content (AvgIpc) is 2.59. The number of amides is 2. The summed E-state index contributed by atoms with van der Waals surface area (Å²) in [4.78, 5) is 27.8. The minimum Gasteiger partial charge on any atom is -0.343 e. The van der Waals surface area contributed by atoms with Gasteiger partial charge in [-0.15, -0.1) is 0 Å². The molecule has 0 aromatic heterocycles. The Morgan fingerprint density at radius 1 is 1.20 bits per heavy atom. The Morgan fingerprint density at radius 2 is 2.00 bits per heavy atom. The number of piperidine rings is 2. The van der Waals surface area contributed by atoms with Crippen molar-refractivity contribution in [1.29, 1.82) is 0 Å². The molecule has 0 unspecified atom stereocenters. The van der Waals surface area contributed by atoms with Gasteiger partial charge in [0.05, 0.1) is 0 Å². The zero-order valence-corrected chi connectivity index (χ0v) is 14.3. The lowest BCUT2D eigenvalue weighted by molar-refractivity contribution is -0.137. The summed E-state index contributed by atoms with van der Waals surface area (Å²) in [6, 6.07) is 3.42. The molecule has 1 aromatic carbocycles. The lowest BCUT2D eigenvalue weighted by Gasteiger charge is -2.46. The number of nitrogens with zero attached hydrogens (tertiary/aromatic N) is 2. The number of carbonyl (C=O) groups excluding carboxylic acids is 2. The van der Waals surface area contributed by atoms with Crippen LogP contribution in [0.5, 0.6) is 0 Å². The van der Waals surface area contributed by atoms with Gasteiger partial charge < -0.3 is 9.80 Å². The first-order valence-corrected chi connectivity index (χ1v) is 8.65. The maximum Gasteiger partial charge on any atom is 0.246 e. The van der Waals surface area contributed by atoms with E-state index in [1.807, 2.05) is 9.80 Å². The monoisotopic (exact) mass is 348 g/mol. The van der Waals surface area contributed by atoms with Crippen molar-refractivity contribution in [3.05, 3.63) is 41.5 Å². The average molecular weight is 348 g/mol. The Kier molecular flexibility index (Phi) is 5.16. The molecule has 2 saturated heterocycles. The van der Waals surface area contributed by atoms with Gasteiger partial charge in [0, 0.05) is 50.3 Å². The highest BCUT2D eigenvalue weighted by atomic mass is 19.1. The molecule has 3 rings (SSSR count). The molecular weight excluding hydrogens is 326 g/mol. The molecule has 0 radical (unpaired) electrons. The maximum absolute atomic E-state index is 13.7. The van der Waals surface area contributed by atoms with Crippen molar-refractivity contribution >= 4 is 17.9 Å². The second kappa shape index (κ2) is 7.33. The summed E-state index contributed by atoms with van der Waals surface area (Å²) >= 11 is 0. The number of carbonyl (C=O) groups is 2. The van der Waals surface area contributed by atoms with Crippen LogP contribution in [0.1, 0.15) is 31.7 Å². The van der Waals surface area contributed by atoms with Gasteiger partial charge in [-0.2, -0.15) is 0 Å². The Hall–Kier alpha value is -2.24. The van der Waals surface area contributed by atoms with Crippen molar-refractivity contribution in [2.24, 2.45) is 5.92 Å². The van der Waals surface area contributed by atoms with Gasteiger partial charge in [0.1, 0.15) is 11.6 Å². The second-order valence-electron chi connectivity index (χ2n) is 6.75. The van der Waals surface area contributed by atoms with Crippen molar-refractivity contribution in [2.75, 3.05) is 19.6 Å². The van der Waals surface area contributed by atoms with Crippen LogP contribution in [0.15, 0.2) is 24.3 Å². The van der Waals surface area contributed by atoms with Crippen LogP contribution in [0.4, 0.5) is 8.78 Å². The van der Waals surface area contributed by atoms with E-state index in [2.05, 4.69) is 0 Å². The van der Waals surface area contributed by atoms with Crippen LogP contribution in [-0.2, 0) is 9.59 Å². The van der Waals surface area contributed by atoms with E-state index in [4.69, 9.17) is 0 Å². The lowest BCUT2D eigenvalue weighted by Crippen LogP contribution is -2.56. The Morgan fingerprint density at radius 3 is 2.72 bits per heavy atom. The van der Waals surface area contributed by atoms with Gasteiger partial charge in [-0.1, -0.05) is 0 Å². The normalized spacial score (nSPS) is 23.6. The van der Waals surface area contributed by atoms with Crippen molar-refractivity contribution in [3.63, 3.8) is 0 Å². The fourth-order valence-corrected chi connectivity index (χ4v) is 3.86. The third-order valence-electron chi connectivity index (χ3n) is 5.16. The maximum atomic E-state index is 13.7. The van der Waals surface area contributed by atoms with E-state index in [0.29, 0.717) is 25.6 Å².